The Hall–Kier alpha value is -1.61. The number of carbonyl (C=O) groups is 1. The van der Waals surface area contributed by atoms with Gasteiger partial charge in [0.1, 0.15) is 11.9 Å². The Bertz CT molecular complexity index is 428. The predicted molar refractivity (Wildman–Crippen MR) is 70.3 cm³/mol. The molecule has 1 heterocycles. The van der Waals surface area contributed by atoms with Crippen molar-refractivity contribution in [2.75, 3.05) is 30.5 Å². The number of hydrogen-bond donors (Lipinski definition) is 3. The second-order valence-corrected chi connectivity index (χ2v) is 4.79. The molecule has 9 heteroatoms. The van der Waals surface area contributed by atoms with Crippen LogP contribution in [0.3, 0.4) is 0 Å². The second kappa shape index (κ2) is 6.36. The van der Waals surface area contributed by atoms with Gasteiger partial charge in [-0.1, -0.05) is 0 Å². The summed E-state index contributed by atoms with van der Waals surface area (Å²) in [7, 11) is 3.60. The third kappa shape index (κ3) is 4.34. The lowest BCUT2D eigenvalue weighted by atomic mass is 10.4. The number of carboxylic acid groups (broad SMARTS) is 1. The Balaban J connectivity index is 2.59. The molecule has 0 aliphatic rings. The average molecular weight is 272 g/mol. The molecular weight excluding hydrogens is 256 g/mol. The molecule has 0 saturated carbocycles. The molecule has 8 nitrogen and oxygen atoms in total. The average Bonchev–Trinajstić information content (AvgIpc) is 2.27. The fraction of sp³-hybridized carbons (Fsp3) is 0.556. The zero-order chi connectivity index (χ0) is 13.7. The quantitative estimate of drug-likeness (QED) is 0.606. The number of aliphatic carboxylic acids is 1. The van der Waals surface area contributed by atoms with Crippen molar-refractivity contribution >= 4 is 29.6 Å². The van der Waals surface area contributed by atoms with Crippen LogP contribution < -0.4 is 16.4 Å². The van der Waals surface area contributed by atoms with Crippen LogP contribution in [0.2, 0.25) is 0 Å². The minimum absolute atomic E-state index is 0.145. The standard InChI is InChI=1S/C9H16N6O2S/c1-15(2)9-13-6(12-8(11)14-9)4-18-3-5(10)7(16)17/h5H,3-4,10H2,1-2H3,(H,16,17)(H2,11,12,13,14)/t5-/m1/s1. The van der Waals surface area contributed by atoms with Gasteiger partial charge in [0.15, 0.2) is 0 Å². The van der Waals surface area contributed by atoms with E-state index in [9.17, 15) is 4.79 Å². The molecule has 0 unspecified atom stereocenters. The molecule has 0 spiro atoms. The first-order chi connectivity index (χ1) is 8.40. The highest BCUT2D eigenvalue weighted by atomic mass is 32.2. The Morgan fingerprint density at radius 3 is 2.67 bits per heavy atom. The van der Waals surface area contributed by atoms with Crippen molar-refractivity contribution in [1.29, 1.82) is 0 Å². The fourth-order valence-electron chi connectivity index (χ4n) is 1.04. The van der Waals surface area contributed by atoms with Crippen molar-refractivity contribution in [2.45, 2.75) is 11.8 Å². The third-order valence-electron chi connectivity index (χ3n) is 1.93. The van der Waals surface area contributed by atoms with Crippen molar-refractivity contribution in [2.24, 2.45) is 5.73 Å². The van der Waals surface area contributed by atoms with E-state index in [4.69, 9.17) is 16.6 Å². The van der Waals surface area contributed by atoms with Gasteiger partial charge in [0.25, 0.3) is 0 Å². The molecule has 0 saturated heterocycles. The predicted octanol–water partition coefficient (Wildman–Crippen LogP) is -0.835. The van der Waals surface area contributed by atoms with Gasteiger partial charge in [-0.05, 0) is 0 Å². The molecule has 0 radical (unpaired) electrons. The first kappa shape index (κ1) is 14.5. The van der Waals surface area contributed by atoms with Gasteiger partial charge in [-0.3, -0.25) is 4.79 Å². The van der Waals surface area contributed by atoms with E-state index in [1.165, 1.54) is 11.8 Å². The second-order valence-electron chi connectivity index (χ2n) is 3.76. The normalized spacial score (nSPS) is 12.2. The third-order valence-corrected chi connectivity index (χ3v) is 2.99. The number of aromatic nitrogens is 3. The van der Waals surface area contributed by atoms with Crippen LogP contribution in [-0.2, 0) is 10.5 Å². The first-order valence-corrected chi connectivity index (χ1v) is 6.29. The molecule has 1 aromatic heterocycles. The zero-order valence-corrected chi connectivity index (χ0v) is 11.0. The van der Waals surface area contributed by atoms with E-state index in [0.717, 1.165) is 0 Å². The van der Waals surface area contributed by atoms with Crippen molar-refractivity contribution in [3.05, 3.63) is 5.82 Å². The lowest BCUT2D eigenvalue weighted by Gasteiger charge is -2.11. The summed E-state index contributed by atoms with van der Waals surface area (Å²) in [6.45, 7) is 0. The van der Waals surface area contributed by atoms with E-state index >= 15 is 0 Å². The molecule has 0 bridgehead atoms. The van der Waals surface area contributed by atoms with Crippen LogP contribution >= 0.6 is 11.8 Å². The van der Waals surface area contributed by atoms with E-state index in [-0.39, 0.29) is 11.7 Å². The number of nitrogen functional groups attached to an aromatic ring is 1. The highest BCUT2D eigenvalue weighted by Crippen LogP contribution is 2.12. The number of hydrogen-bond acceptors (Lipinski definition) is 8. The molecular formula is C9H16N6O2S. The fourth-order valence-corrected chi connectivity index (χ4v) is 1.86. The molecule has 0 amide bonds. The van der Waals surface area contributed by atoms with E-state index in [0.29, 0.717) is 17.5 Å². The Kier molecular flexibility index (Phi) is 5.10. The Morgan fingerprint density at radius 2 is 2.11 bits per heavy atom. The summed E-state index contributed by atoms with van der Waals surface area (Å²) < 4.78 is 0. The number of anilines is 2. The maximum Gasteiger partial charge on any atom is 0.321 e. The number of nitrogens with zero attached hydrogens (tertiary/aromatic N) is 4. The highest BCUT2D eigenvalue weighted by molar-refractivity contribution is 7.98. The number of thioether (sulfide) groups is 1. The van der Waals surface area contributed by atoms with Crippen molar-refractivity contribution in [3.8, 4) is 0 Å². The molecule has 0 aliphatic carbocycles. The van der Waals surface area contributed by atoms with Gasteiger partial charge in [0.05, 0.1) is 5.75 Å². The number of rotatable bonds is 6. The molecule has 5 N–H and O–H groups in total. The minimum atomic E-state index is -1.02. The van der Waals surface area contributed by atoms with E-state index in [2.05, 4.69) is 15.0 Å². The lowest BCUT2D eigenvalue weighted by molar-refractivity contribution is -0.137. The smallest absolute Gasteiger partial charge is 0.321 e. The molecule has 1 rings (SSSR count). The summed E-state index contributed by atoms with van der Waals surface area (Å²) >= 11 is 1.34. The summed E-state index contributed by atoms with van der Waals surface area (Å²) in [6, 6.07) is -0.887. The minimum Gasteiger partial charge on any atom is -0.480 e. The van der Waals surface area contributed by atoms with Gasteiger partial charge >= 0.3 is 5.97 Å². The maximum atomic E-state index is 10.5. The van der Waals surface area contributed by atoms with Crippen LogP contribution in [0.4, 0.5) is 11.9 Å². The molecule has 0 aliphatic heterocycles. The molecule has 1 atom stereocenters. The van der Waals surface area contributed by atoms with Crippen LogP contribution in [0.25, 0.3) is 0 Å². The van der Waals surface area contributed by atoms with Crippen LogP contribution in [0, 0.1) is 0 Å². The van der Waals surface area contributed by atoms with Crippen LogP contribution in [0.1, 0.15) is 5.82 Å². The lowest BCUT2D eigenvalue weighted by Crippen LogP contribution is -2.32. The van der Waals surface area contributed by atoms with Crippen LogP contribution in [-0.4, -0.2) is 51.9 Å². The topological polar surface area (TPSA) is 131 Å². The number of nitrogens with two attached hydrogens (primary N) is 2. The Labute approximate surface area is 109 Å². The van der Waals surface area contributed by atoms with Gasteiger partial charge in [0, 0.05) is 19.8 Å². The van der Waals surface area contributed by atoms with Gasteiger partial charge in [-0.25, -0.2) is 0 Å². The highest BCUT2D eigenvalue weighted by Gasteiger charge is 2.12. The summed E-state index contributed by atoms with van der Waals surface area (Å²) in [5.74, 6) is 0.833. The van der Waals surface area contributed by atoms with Crippen LogP contribution in [0.15, 0.2) is 0 Å². The van der Waals surface area contributed by atoms with E-state index < -0.39 is 12.0 Å². The van der Waals surface area contributed by atoms with Crippen molar-refractivity contribution in [1.82, 2.24) is 15.0 Å². The van der Waals surface area contributed by atoms with E-state index in [1.807, 2.05) is 0 Å². The van der Waals surface area contributed by atoms with Crippen molar-refractivity contribution in [3.63, 3.8) is 0 Å². The zero-order valence-electron chi connectivity index (χ0n) is 10.2. The molecule has 0 aromatic carbocycles. The van der Waals surface area contributed by atoms with Crippen LogP contribution in [0.5, 0.6) is 0 Å². The van der Waals surface area contributed by atoms with E-state index in [1.54, 1.807) is 19.0 Å². The summed E-state index contributed by atoms with van der Waals surface area (Å²) in [5, 5.41) is 8.63. The van der Waals surface area contributed by atoms with Gasteiger partial charge < -0.3 is 21.5 Å². The largest absolute Gasteiger partial charge is 0.480 e. The monoisotopic (exact) mass is 272 g/mol. The Morgan fingerprint density at radius 1 is 1.44 bits per heavy atom. The molecule has 18 heavy (non-hydrogen) atoms. The van der Waals surface area contributed by atoms with Gasteiger partial charge in [-0.15, -0.1) is 0 Å². The number of carboxylic acids is 1. The molecule has 0 fully saturated rings. The summed E-state index contributed by atoms with van der Waals surface area (Å²) in [4.78, 5) is 24.4. The summed E-state index contributed by atoms with van der Waals surface area (Å²) in [6.07, 6.45) is 0. The maximum absolute atomic E-state index is 10.5. The van der Waals surface area contributed by atoms with Crippen molar-refractivity contribution < 1.29 is 9.90 Å². The molecule has 1 aromatic rings. The first-order valence-electron chi connectivity index (χ1n) is 5.14. The summed E-state index contributed by atoms with van der Waals surface area (Å²) in [5.41, 5.74) is 10.9. The van der Waals surface area contributed by atoms with Gasteiger partial charge in [-0.2, -0.15) is 26.7 Å². The molecule has 100 valence electrons. The SMILES string of the molecule is CN(C)c1nc(N)nc(CSC[C@@H](N)C(=O)O)n1. The van der Waals surface area contributed by atoms with Gasteiger partial charge in [0.2, 0.25) is 11.9 Å².